The summed E-state index contributed by atoms with van der Waals surface area (Å²) in [5.74, 6) is 0. The Morgan fingerprint density at radius 2 is 2.26 bits per heavy atom. The molecule has 0 radical (unpaired) electrons. The number of aliphatic hydroxyl groups excluding tert-OH is 1. The molecule has 102 valence electrons. The van der Waals surface area contributed by atoms with Gasteiger partial charge < -0.3 is 5.11 Å². The Morgan fingerprint density at radius 3 is 2.84 bits per heavy atom. The second-order valence-corrected chi connectivity index (χ2v) is 6.57. The van der Waals surface area contributed by atoms with Gasteiger partial charge in [-0.3, -0.25) is 0 Å². The quantitative estimate of drug-likeness (QED) is 0.896. The van der Waals surface area contributed by atoms with Gasteiger partial charge >= 0.3 is 0 Å². The Morgan fingerprint density at radius 1 is 1.53 bits per heavy atom. The third-order valence-electron chi connectivity index (χ3n) is 3.46. The van der Waals surface area contributed by atoms with E-state index in [1.54, 1.807) is 6.92 Å². The van der Waals surface area contributed by atoms with Crippen molar-refractivity contribution in [2.45, 2.75) is 30.7 Å². The van der Waals surface area contributed by atoms with Crippen molar-refractivity contribution in [2.75, 3.05) is 13.2 Å². The van der Waals surface area contributed by atoms with Gasteiger partial charge in [0.2, 0.25) is 10.0 Å². The van der Waals surface area contributed by atoms with Crippen LogP contribution in [0.4, 0.5) is 0 Å². The molecule has 0 aliphatic carbocycles. The van der Waals surface area contributed by atoms with Crippen molar-refractivity contribution in [3.8, 4) is 6.07 Å². The molecule has 1 heterocycles. The van der Waals surface area contributed by atoms with Crippen molar-refractivity contribution in [2.24, 2.45) is 0 Å². The zero-order chi connectivity index (χ0) is 14.0. The number of aliphatic hydroxyl groups is 1. The Labute approximate surface area is 113 Å². The Balaban J connectivity index is 2.40. The third-order valence-corrected chi connectivity index (χ3v) is 5.41. The topological polar surface area (TPSA) is 81.4 Å². The van der Waals surface area contributed by atoms with E-state index in [4.69, 9.17) is 5.26 Å². The molecule has 0 bridgehead atoms. The van der Waals surface area contributed by atoms with Crippen LogP contribution in [0.3, 0.4) is 0 Å². The van der Waals surface area contributed by atoms with E-state index in [1.165, 1.54) is 22.5 Å². The van der Waals surface area contributed by atoms with Gasteiger partial charge in [-0.2, -0.15) is 9.57 Å². The summed E-state index contributed by atoms with van der Waals surface area (Å²) in [6.45, 7) is 1.99. The highest BCUT2D eigenvalue weighted by Crippen LogP contribution is 2.26. The van der Waals surface area contributed by atoms with Crippen LogP contribution in [0.1, 0.15) is 24.0 Å². The molecule has 19 heavy (non-hydrogen) atoms. The molecule has 1 atom stereocenters. The van der Waals surface area contributed by atoms with Crippen molar-refractivity contribution < 1.29 is 13.5 Å². The van der Waals surface area contributed by atoms with Gasteiger partial charge in [-0.15, -0.1) is 0 Å². The van der Waals surface area contributed by atoms with Gasteiger partial charge in [0.05, 0.1) is 23.1 Å². The van der Waals surface area contributed by atoms with Gasteiger partial charge in [0, 0.05) is 12.6 Å². The van der Waals surface area contributed by atoms with Crippen LogP contribution >= 0.6 is 0 Å². The van der Waals surface area contributed by atoms with E-state index in [-0.39, 0.29) is 17.5 Å². The van der Waals surface area contributed by atoms with E-state index in [0.29, 0.717) is 24.1 Å². The summed E-state index contributed by atoms with van der Waals surface area (Å²) in [5, 5.41) is 18.1. The highest BCUT2D eigenvalue weighted by atomic mass is 32.2. The number of hydrogen-bond donors (Lipinski definition) is 1. The lowest BCUT2D eigenvalue weighted by atomic mass is 10.1. The van der Waals surface area contributed by atoms with Crippen molar-refractivity contribution in [1.29, 1.82) is 5.26 Å². The van der Waals surface area contributed by atoms with Gasteiger partial charge in [-0.05, 0) is 43.5 Å². The first-order valence-electron chi connectivity index (χ1n) is 6.14. The third kappa shape index (κ3) is 2.50. The first-order valence-corrected chi connectivity index (χ1v) is 7.58. The van der Waals surface area contributed by atoms with Crippen LogP contribution in [0.2, 0.25) is 0 Å². The lowest BCUT2D eigenvalue weighted by Gasteiger charge is -2.22. The van der Waals surface area contributed by atoms with Gasteiger partial charge in [0.1, 0.15) is 0 Å². The van der Waals surface area contributed by atoms with Crippen molar-refractivity contribution >= 4 is 10.0 Å². The molecule has 1 N–H and O–H groups in total. The maximum Gasteiger partial charge on any atom is 0.243 e. The van der Waals surface area contributed by atoms with Gasteiger partial charge in [-0.1, -0.05) is 0 Å². The van der Waals surface area contributed by atoms with Crippen molar-refractivity contribution in [3.05, 3.63) is 29.3 Å². The SMILES string of the molecule is Cc1cc(S(=O)(=O)N2CCC[C@H]2CO)ccc1C#N. The zero-order valence-corrected chi connectivity index (χ0v) is 11.5. The average molecular weight is 280 g/mol. The molecule has 6 heteroatoms. The summed E-state index contributed by atoms with van der Waals surface area (Å²) in [6, 6.07) is 6.17. The number of rotatable bonds is 3. The van der Waals surface area contributed by atoms with Crippen LogP contribution in [0, 0.1) is 18.3 Å². The second-order valence-electron chi connectivity index (χ2n) is 4.68. The standard InChI is InChI=1S/C13H16N2O3S/c1-10-7-13(5-4-11(10)8-14)19(17,18)15-6-2-3-12(15)9-16/h4-5,7,12,16H,2-3,6,9H2,1H3/t12-/m0/s1. The molecule has 1 fully saturated rings. The molecule has 2 rings (SSSR count). The number of sulfonamides is 1. The van der Waals surface area contributed by atoms with E-state index in [0.717, 1.165) is 6.42 Å². The summed E-state index contributed by atoms with van der Waals surface area (Å²) in [7, 11) is -3.58. The van der Waals surface area contributed by atoms with Crippen LogP contribution < -0.4 is 0 Å². The fourth-order valence-corrected chi connectivity index (χ4v) is 4.14. The summed E-state index contributed by atoms with van der Waals surface area (Å²) < 4.78 is 26.3. The number of benzene rings is 1. The normalized spacial score (nSPS) is 20.4. The van der Waals surface area contributed by atoms with Crippen molar-refractivity contribution in [3.63, 3.8) is 0 Å². The molecule has 0 aromatic heterocycles. The fourth-order valence-electron chi connectivity index (χ4n) is 2.37. The molecule has 0 amide bonds. The number of aryl methyl sites for hydroxylation is 1. The molecule has 1 aromatic carbocycles. The van der Waals surface area contributed by atoms with Gasteiger partial charge in [-0.25, -0.2) is 8.42 Å². The average Bonchev–Trinajstić information content (AvgIpc) is 2.87. The summed E-state index contributed by atoms with van der Waals surface area (Å²) in [4.78, 5) is 0.185. The minimum Gasteiger partial charge on any atom is -0.395 e. The van der Waals surface area contributed by atoms with E-state index in [9.17, 15) is 13.5 Å². The smallest absolute Gasteiger partial charge is 0.243 e. The van der Waals surface area contributed by atoms with Crippen LogP contribution in [0.5, 0.6) is 0 Å². The Hall–Kier alpha value is -1.42. The molecule has 1 saturated heterocycles. The summed E-state index contributed by atoms with van der Waals surface area (Å²) in [6.07, 6.45) is 1.45. The molecule has 1 aromatic rings. The van der Waals surface area contributed by atoms with Crippen LogP contribution in [0.25, 0.3) is 0 Å². The minimum atomic E-state index is -3.58. The maximum atomic E-state index is 12.5. The van der Waals surface area contributed by atoms with Crippen LogP contribution in [0.15, 0.2) is 23.1 Å². The minimum absolute atomic E-state index is 0.158. The van der Waals surface area contributed by atoms with Crippen LogP contribution in [-0.2, 0) is 10.0 Å². The second kappa shape index (κ2) is 5.29. The first kappa shape index (κ1) is 14.0. The van der Waals surface area contributed by atoms with Crippen LogP contribution in [-0.4, -0.2) is 37.0 Å². The predicted octanol–water partition coefficient (Wildman–Crippen LogP) is 1.01. The Bertz CT molecular complexity index is 619. The predicted molar refractivity (Wildman–Crippen MR) is 69.9 cm³/mol. The largest absolute Gasteiger partial charge is 0.395 e. The monoisotopic (exact) mass is 280 g/mol. The van der Waals surface area contributed by atoms with E-state index >= 15 is 0 Å². The number of hydrogen-bond acceptors (Lipinski definition) is 4. The highest BCUT2D eigenvalue weighted by molar-refractivity contribution is 7.89. The van der Waals surface area contributed by atoms with Gasteiger partial charge in [0.15, 0.2) is 0 Å². The molecular formula is C13H16N2O3S. The van der Waals surface area contributed by atoms with E-state index in [1.807, 2.05) is 6.07 Å². The summed E-state index contributed by atoms with van der Waals surface area (Å²) >= 11 is 0. The number of nitriles is 1. The lowest BCUT2D eigenvalue weighted by molar-refractivity contribution is 0.213. The highest BCUT2D eigenvalue weighted by Gasteiger charge is 2.34. The first-order chi connectivity index (χ1) is 9.00. The van der Waals surface area contributed by atoms with E-state index < -0.39 is 10.0 Å². The maximum absolute atomic E-state index is 12.5. The molecule has 0 unspecified atom stereocenters. The molecule has 5 nitrogen and oxygen atoms in total. The molecule has 0 saturated carbocycles. The number of nitrogens with zero attached hydrogens (tertiary/aromatic N) is 2. The zero-order valence-electron chi connectivity index (χ0n) is 10.7. The summed E-state index contributed by atoms with van der Waals surface area (Å²) in [5.41, 5.74) is 1.11. The van der Waals surface area contributed by atoms with E-state index in [2.05, 4.69) is 0 Å². The lowest BCUT2D eigenvalue weighted by Crippen LogP contribution is -2.37. The molecule has 1 aliphatic heterocycles. The molecule has 1 aliphatic rings. The fraction of sp³-hybridized carbons (Fsp3) is 0.462. The van der Waals surface area contributed by atoms with Gasteiger partial charge in [0.25, 0.3) is 0 Å². The molecule has 0 spiro atoms. The Kier molecular flexibility index (Phi) is 3.90. The van der Waals surface area contributed by atoms with Crippen molar-refractivity contribution in [1.82, 2.24) is 4.31 Å². The molecular weight excluding hydrogens is 264 g/mol.